The van der Waals surface area contributed by atoms with Gasteiger partial charge in [0.25, 0.3) is 5.91 Å². The molecule has 2 heterocycles. The molecule has 0 fully saturated rings. The first-order valence-corrected chi connectivity index (χ1v) is 13.1. The molecule has 0 unspecified atom stereocenters. The summed E-state index contributed by atoms with van der Waals surface area (Å²) in [5.74, 6) is -1.81. The highest BCUT2D eigenvalue weighted by molar-refractivity contribution is 7.89. The lowest BCUT2D eigenvalue weighted by molar-refractivity contribution is 0.0980. The molecule has 1 aromatic heterocycles. The summed E-state index contributed by atoms with van der Waals surface area (Å²) in [4.78, 5) is 14.8. The Morgan fingerprint density at radius 2 is 1.73 bits per heavy atom. The molecule has 7 nitrogen and oxygen atoms in total. The average Bonchev–Trinajstić information content (AvgIpc) is 3.22. The lowest BCUT2D eigenvalue weighted by Gasteiger charge is -2.28. The van der Waals surface area contributed by atoms with Gasteiger partial charge in [-0.3, -0.25) is 9.48 Å². The molecule has 0 N–H and O–H groups in total. The lowest BCUT2D eigenvalue weighted by atomic mass is 10.1. The van der Waals surface area contributed by atoms with Gasteiger partial charge in [-0.15, -0.1) is 0 Å². The normalized spacial score (nSPS) is 13.8. The van der Waals surface area contributed by atoms with Crippen LogP contribution in [0.3, 0.4) is 0 Å². The van der Waals surface area contributed by atoms with Crippen molar-refractivity contribution >= 4 is 21.6 Å². The van der Waals surface area contributed by atoms with E-state index in [9.17, 15) is 22.0 Å². The van der Waals surface area contributed by atoms with Crippen molar-refractivity contribution in [3.8, 4) is 0 Å². The third-order valence-electron chi connectivity index (χ3n) is 6.45. The van der Waals surface area contributed by atoms with Crippen LogP contribution in [-0.2, 0) is 36.6 Å². The van der Waals surface area contributed by atoms with Crippen LogP contribution in [0, 0.1) is 11.6 Å². The maximum atomic E-state index is 14.5. The number of carbonyl (C=O) groups is 1. The molecular formula is C27H24F2N4O3S. The molecule has 37 heavy (non-hydrogen) atoms. The maximum Gasteiger partial charge on any atom is 0.261 e. The molecule has 0 bridgehead atoms. The summed E-state index contributed by atoms with van der Waals surface area (Å²) in [6, 6.07) is 19.5. The van der Waals surface area contributed by atoms with Gasteiger partial charge < -0.3 is 4.90 Å². The maximum absolute atomic E-state index is 14.5. The Bertz CT molecular complexity index is 1570. The number of anilines is 1. The molecule has 0 atom stereocenters. The number of carbonyl (C=O) groups excluding carboxylic acids is 1. The van der Waals surface area contributed by atoms with Crippen molar-refractivity contribution < 1.29 is 22.0 Å². The summed E-state index contributed by atoms with van der Waals surface area (Å²) >= 11 is 0. The fourth-order valence-electron chi connectivity index (χ4n) is 4.57. The number of amides is 1. The molecule has 0 aliphatic carbocycles. The van der Waals surface area contributed by atoms with Crippen LogP contribution >= 0.6 is 0 Å². The summed E-state index contributed by atoms with van der Waals surface area (Å²) in [6.45, 7) is 0.240. The topological polar surface area (TPSA) is 75.5 Å². The van der Waals surface area contributed by atoms with E-state index in [1.807, 2.05) is 6.07 Å². The van der Waals surface area contributed by atoms with Crippen molar-refractivity contribution in [1.82, 2.24) is 14.1 Å². The number of rotatable bonds is 6. The van der Waals surface area contributed by atoms with Crippen LogP contribution in [0.4, 0.5) is 14.5 Å². The van der Waals surface area contributed by atoms with Crippen LogP contribution in [0.15, 0.2) is 83.8 Å². The van der Waals surface area contributed by atoms with Crippen molar-refractivity contribution in [3.63, 3.8) is 0 Å². The van der Waals surface area contributed by atoms with E-state index in [0.29, 0.717) is 23.4 Å². The summed E-state index contributed by atoms with van der Waals surface area (Å²) < 4.78 is 57.8. The van der Waals surface area contributed by atoms with Crippen molar-refractivity contribution in [2.45, 2.75) is 24.4 Å². The van der Waals surface area contributed by atoms with Crippen molar-refractivity contribution in [2.24, 2.45) is 7.05 Å². The third-order valence-corrected chi connectivity index (χ3v) is 8.29. The molecule has 5 rings (SSSR count). The zero-order valence-electron chi connectivity index (χ0n) is 20.0. The average molecular weight is 523 g/mol. The van der Waals surface area contributed by atoms with E-state index < -0.39 is 27.6 Å². The minimum Gasteiger partial charge on any atom is -0.302 e. The third kappa shape index (κ3) is 4.77. The monoisotopic (exact) mass is 522 g/mol. The molecule has 4 aromatic rings. The fraction of sp³-hybridized carbons (Fsp3) is 0.185. The second-order valence-corrected chi connectivity index (χ2v) is 10.7. The minimum atomic E-state index is -3.95. The van der Waals surface area contributed by atoms with Gasteiger partial charge in [0.15, 0.2) is 0 Å². The molecule has 1 aliphatic heterocycles. The largest absolute Gasteiger partial charge is 0.302 e. The molecule has 0 saturated heterocycles. The Morgan fingerprint density at radius 3 is 2.46 bits per heavy atom. The second-order valence-electron chi connectivity index (χ2n) is 8.75. The van der Waals surface area contributed by atoms with Gasteiger partial charge in [-0.05, 0) is 42.5 Å². The Morgan fingerprint density at radius 1 is 1.00 bits per heavy atom. The molecule has 10 heteroatoms. The quantitative estimate of drug-likeness (QED) is 0.379. The molecule has 0 spiro atoms. The SMILES string of the molecule is Cn1nc(CN(C(=O)c2ccccc2F)c2ccccc2)c2c1CCN(S(=O)(=O)c1cccc(F)c1)C2. The van der Waals surface area contributed by atoms with Crippen LogP contribution in [0.5, 0.6) is 0 Å². The van der Waals surface area contributed by atoms with Crippen molar-refractivity contribution in [3.05, 3.63) is 113 Å². The Hall–Kier alpha value is -3.89. The number of fused-ring (bicyclic) bond motifs is 1. The standard InChI is InChI=1S/C27H24F2N4O3S/c1-31-26-14-15-32(37(35,36)21-11-7-8-19(28)16-21)17-23(26)25(30-31)18-33(20-9-3-2-4-10-20)27(34)22-12-5-6-13-24(22)29/h2-13,16H,14-15,17-18H2,1H3. The van der Waals surface area contributed by atoms with Crippen LogP contribution in [0.2, 0.25) is 0 Å². The summed E-state index contributed by atoms with van der Waals surface area (Å²) in [5.41, 5.74) is 2.51. The number of halogens is 2. The fourth-order valence-corrected chi connectivity index (χ4v) is 6.01. The van der Waals surface area contributed by atoms with Gasteiger partial charge in [0.05, 0.1) is 22.7 Å². The van der Waals surface area contributed by atoms with E-state index in [4.69, 9.17) is 0 Å². The first-order valence-electron chi connectivity index (χ1n) is 11.7. The van der Waals surface area contributed by atoms with E-state index in [1.54, 1.807) is 42.1 Å². The van der Waals surface area contributed by atoms with Gasteiger partial charge in [0.1, 0.15) is 11.6 Å². The number of sulfonamides is 1. The zero-order valence-corrected chi connectivity index (χ0v) is 20.8. The highest BCUT2D eigenvalue weighted by Crippen LogP contribution is 2.29. The van der Waals surface area contributed by atoms with E-state index >= 15 is 0 Å². The van der Waals surface area contributed by atoms with Crippen LogP contribution in [0.25, 0.3) is 0 Å². The number of para-hydroxylation sites is 1. The minimum absolute atomic E-state index is 0.00814. The number of hydrogen-bond donors (Lipinski definition) is 0. The number of aryl methyl sites for hydroxylation is 1. The van der Waals surface area contributed by atoms with E-state index in [0.717, 1.165) is 11.8 Å². The number of hydrogen-bond acceptors (Lipinski definition) is 4. The number of aromatic nitrogens is 2. The van der Waals surface area contributed by atoms with Gasteiger partial charge in [-0.25, -0.2) is 17.2 Å². The van der Waals surface area contributed by atoms with E-state index in [1.165, 1.54) is 45.6 Å². The van der Waals surface area contributed by atoms with Crippen molar-refractivity contribution in [2.75, 3.05) is 11.4 Å². The van der Waals surface area contributed by atoms with Crippen LogP contribution in [0.1, 0.15) is 27.3 Å². The molecule has 0 saturated carbocycles. The molecule has 1 amide bonds. The Labute approximate surface area is 213 Å². The van der Waals surface area contributed by atoms with E-state index in [-0.39, 0.29) is 30.1 Å². The second kappa shape index (κ2) is 9.87. The van der Waals surface area contributed by atoms with Gasteiger partial charge >= 0.3 is 0 Å². The van der Waals surface area contributed by atoms with Crippen LogP contribution < -0.4 is 4.90 Å². The smallest absolute Gasteiger partial charge is 0.261 e. The van der Waals surface area contributed by atoms with Crippen molar-refractivity contribution in [1.29, 1.82) is 0 Å². The van der Waals surface area contributed by atoms with Crippen LogP contribution in [-0.4, -0.2) is 35.0 Å². The summed E-state index contributed by atoms with van der Waals surface area (Å²) in [5, 5.41) is 4.61. The first-order chi connectivity index (χ1) is 17.8. The lowest BCUT2D eigenvalue weighted by Crippen LogP contribution is -2.37. The molecule has 0 radical (unpaired) electrons. The zero-order chi connectivity index (χ0) is 26.2. The summed E-state index contributed by atoms with van der Waals surface area (Å²) in [6.07, 6.45) is 0.403. The molecule has 1 aliphatic rings. The highest BCUT2D eigenvalue weighted by atomic mass is 32.2. The molecular weight excluding hydrogens is 498 g/mol. The first kappa shape index (κ1) is 24.8. The molecule has 190 valence electrons. The Kier molecular flexibility index (Phi) is 6.61. The van der Waals surface area contributed by atoms with Gasteiger partial charge in [-0.1, -0.05) is 36.4 Å². The van der Waals surface area contributed by atoms with E-state index in [2.05, 4.69) is 5.10 Å². The number of benzene rings is 3. The summed E-state index contributed by atoms with van der Waals surface area (Å²) in [7, 11) is -2.19. The predicted octanol–water partition coefficient (Wildman–Crippen LogP) is 4.29. The van der Waals surface area contributed by atoms with Gasteiger partial charge in [-0.2, -0.15) is 9.40 Å². The van der Waals surface area contributed by atoms with Gasteiger partial charge in [0.2, 0.25) is 10.0 Å². The Balaban J connectivity index is 1.51. The van der Waals surface area contributed by atoms with Gasteiger partial charge in [0, 0.05) is 43.5 Å². The number of nitrogens with zero attached hydrogens (tertiary/aromatic N) is 4. The molecule has 3 aromatic carbocycles. The predicted molar refractivity (Wildman–Crippen MR) is 134 cm³/mol. The highest BCUT2D eigenvalue weighted by Gasteiger charge is 2.33.